The first-order chi connectivity index (χ1) is 6.68. The first kappa shape index (κ1) is 9.92. The predicted molar refractivity (Wildman–Crippen MR) is 61.2 cm³/mol. The summed E-state index contributed by atoms with van der Waals surface area (Å²) in [6, 6.07) is 6.01. The minimum Gasteiger partial charge on any atom is -0.221 e. The highest BCUT2D eigenvalue weighted by atomic mass is 127. The summed E-state index contributed by atoms with van der Waals surface area (Å²) in [4.78, 5) is 0. The Kier molecular flexibility index (Phi) is 2.73. The Morgan fingerprint density at radius 3 is 2.43 bits per heavy atom. The van der Waals surface area contributed by atoms with Gasteiger partial charge in [-0.05, 0) is 46.9 Å². The number of halogens is 3. The van der Waals surface area contributed by atoms with Crippen molar-refractivity contribution in [3.63, 3.8) is 0 Å². The van der Waals surface area contributed by atoms with Crippen molar-refractivity contribution in [1.82, 2.24) is 9.78 Å². The van der Waals surface area contributed by atoms with Gasteiger partial charge in [-0.1, -0.05) is 11.6 Å². The molecule has 72 valence electrons. The van der Waals surface area contributed by atoms with Gasteiger partial charge in [0.05, 0.1) is 15.5 Å². The average Bonchev–Trinajstić information content (AvgIpc) is 2.50. The van der Waals surface area contributed by atoms with Gasteiger partial charge in [-0.2, -0.15) is 5.10 Å². The molecule has 0 aliphatic rings. The van der Waals surface area contributed by atoms with Crippen molar-refractivity contribution in [2.45, 2.75) is 0 Å². The number of aromatic nitrogens is 2. The van der Waals surface area contributed by atoms with Crippen molar-refractivity contribution in [2.75, 3.05) is 0 Å². The lowest BCUT2D eigenvalue weighted by Gasteiger charge is -2.01. The summed E-state index contributed by atoms with van der Waals surface area (Å²) in [6.07, 6.45) is 1.66. The van der Waals surface area contributed by atoms with Gasteiger partial charge in [-0.15, -0.1) is 0 Å². The maximum Gasteiger partial charge on any atom is 0.146 e. The molecule has 1 heterocycles. The van der Waals surface area contributed by atoms with E-state index in [2.05, 4.69) is 27.7 Å². The third kappa shape index (κ3) is 1.76. The summed E-state index contributed by atoms with van der Waals surface area (Å²) in [5.41, 5.74) is 0.749. The average molecular weight is 323 g/mol. The van der Waals surface area contributed by atoms with E-state index in [4.69, 9.17) is 11.6 Å². The third-order valence-corrected chi connectivity index (χ3v) is 3.21. The van der Waals surface area contributed by atoms with Crippen LogP contribution in [0.5, 0.6) is 0 Å². The molecule has 5 heteroatoms. The summed E-state index contributed by atoms with van der Waals surface area (Å²) in [5, 5.41) is 4.61. The van der Waals surface area contributed by atoms with Crippen molar-refractivity contribution in [3.8, 4) is 5.69 Å². The summed E-state index contributed by atoms with van der Waals surface area (Å²) in [7, 11) is 0. The van der Waals surface area contributed by atoms with Crippen LogP contribution < -0.4 is 0 Å². The first-order valence-corrected chi connectivity index (χ1v) is 5.29. The van der Waals surface area contributed by atoms with Gasteiger partial charge in [-0.3, -0.25) is 0 Å². The van der Waals surface area contributed by atoms with Crippen molar-refractivity contribution in [1.29, 1.82) is 0 Å². The van der Waals surface area contributed by atoms with E-state index in [1.807, 2.05) is 0 Å². The van der Waals surface area contributed by atoms with Crippen LogP contribution in [0.25, 0.3) is 5.69 Å². The molecule has 2 rings (SSSR count). The van der Waals surface area contributed by atoms with E-state index in [9.17, 15) is 4.39 Å². The summed E-state index contributed by atoms with van der Waals surface area (Å²) < 4.78 is 15.1. The Balaban J connectivity index is 2.49. The standard InChI is InChI=1S/C9H5ClFIN2/c10-9-8(12)5-13-14(9)7-3-1-6(11)2-4-7/h1-5H. The number of hydrogen-bond acceptors (Lipinski definition) is 1. The Morgan fingerprint density at radius 2 is 1.93 bits per heavy atom. The molecule has 0 spiro atoms. The highest BCUT2D eigenvalue weighted by molar-refractivity contribution is 14.1. The second kappa shape index (κ2) is 3.86. The van der Waals surface area contributed by atoms with Gasteiger partial charge >= 0.3 is 0 Å². The quantitative estimate of drug-likeness (QED) is 0.737. The summed E-state index contributed by atoms with van der Waals surface area (Å²) in [5.74, 6) is -0.272. The topological polar surface area (TPSA) is 17.8 Å². The molecule has 1 aromatic heterocycles. The lowest BCUT2D eigenvalue weighted by molar-refractivity contribution is 0.627. The zero-order valence-corrected chi connectivity index (χ0v) is 9.83. The smallest absolute Gasteiger partial charge is 0.146 e. The molecule has 14 heavy (non-hydrogen) atoms. The maximum atomic E-state index is 12.6. The van der Waals surface area contributed by atoms with Crippen LogP contribution >= 0.6 is 34.2 Å². The van der Waals surface area contributed by atoms with Crippen LogP contribution in [-0.4, -0.2) is 9.78 Å². The molecule has 2 aromatic rings. The van der Waals surface area contributed by atoms with E-state index in [1.54, 1.807) is 23.0 Å². The molecule has 0 aliphatic heterocycles. The highest BCUT2D eigenvalue weighted by Gasteiger charge is 2.06. The molecule has 0 N–H and O–H groups in total. The van der Waals surface area contributed by atoms with Crippen LogP contribution in [0, 0.1) is 9.39 Å². The molecule has 0 unspecified atom stereocenters. The molecule has 1 aromatic carbocycles. The van der Waals surface area contributed by atoms with Crippen LogP contribution in [0.2, 0.25) is 5.15 Å². The maximum absolute atomic E-state index is 12.6. The van der Waals surface area contributed by atoms with Crippen molar-refractivity contribution in [3.05, 3.63) is 45.0 Å². The fourth-order valence-corrected chi connectivity index (χ4v) is 1.62. The van der Waals surface area contributed by atoms with E-state index < -0.39 is 0 Å². The highest BCUT2D eigenvalue weighted by Crippen LogP contribution is 2.21. The van der Waals surface area contributed by atoms with Crippen molar-refractivity contribution >= 4 is 34.2 Å². The summed E-state index contributed by atoms with van der Waals surface area (Å²) in [6.45, 7) is 0. The fraction of sp³-hybridized carbons (Fsp3) is 0. The van der Waals surface area contributed by atoms with Gasteiger partial charge in [-0.25, -0.2) is 9.07 Å². The molecule has 0 saturated carbocycles. The summed E-state index contributed by atoms with van der Waals surface area (Å²) >= 11 is 8.07. The molecule has 0 amide bonds. The molecule has 2 nitrogen and oxygen atoms in total. The second-order valence-electron chi connectivity index (χ2n) is 2.67. The molecule has 0 fully saturated rings. The SMILES string of the molecule is Fc1ccc(-n2ncc(I)c2Cl)cc1. The van der Waals surface area contributed by atoms with Gasteiger partial charge in [0, 0.05) is 0 Å². The van der Waals surface area contributed by atoms with Gasteiger partial charge in [0.1, 0.15) is 11.0 Å². The van der Waals surface area contributed by atoms with Crippen molar-refractivity contribution in [2.24, 2.45) is 0 Å². The molecular formula is C9H5ClFIN2. The Hall–Kier alpha value is -0.620. The number of hydrogen-bond donors (Lipinski definition) is 0. The van der Waals surface area contributed by atoms with E-state index in [-0.39, 0.29) is 5.82 Å². The Bertz CT molecular complexity index is 452. The molecule has 0 aliphatic carbocycles. The zero-order valence-electron chi connectivity index (χ0n) is 6.92. The third-order valence-electron chi connectivity index (χ3n) is 1.74. The Labute approximate surface area is 98.8 Å². The second-order valence-corrected chi connectivity index (χ2v) is 4.19. The fourth-order valence-electron chi connectivity index (χ4n) is 1.08. The molecular weight excluding hydrogens is 317 g/mol. The van der Waals surface area contributed by atoms with Crippen LogP contribution in [0.15, 0.2) is 30.5 Å². The predicted octanol–water partition coefficient (Wildman–Crippen LogP) is 3.27. The number of benzene rings is 1. The zero-order chi connectivity index (χ0) is 10.1. The number of rotatable bonds is 1. The van der Waals surface area contributed by atoms with E-state index in [0.717, 1.165) is 9.26 Å². The van der Waals surface area contributed by atoms with Gasteiger partial charge < -0.3 is 0 Å². The Morgan fingerprint density at radius 1 is 1.29 bits per heavy atom. The molecule has 0 bridgehead atoms. The minimum absolute atomic E-state index is 0.272. The van der Waals surface area contributed by atoms with E-state index in [1.165, 1.54) is 12.1 Å². The monoisotopic (exact) mass is 322 g/mol. The van der Waals surface area contributed by atoms with Crippen LogP contribution in [0.3, 0.4) is 0 Å². The molecule has 0 atom stereocenters. The first-order valence-electron chi connectivity index (χ1n) is 3.83. The van der Waals surface area contributed by atoms with Crippen molar-refractivity contribution < 1.29 is 4.39 Å². The normalized spacial score (nSPS) is 10.5. The molecule has 0 radical (unpaired) electrons. The van der Waals surface area contributed by atoms with E-state index >= 15 is 0 Å². The lowest BCUT2D eigenvalue weighted by atomic mass is 10.3. The largest absolute Gasteiger partial charge is 0.221 e. The lowest BCUT2D eigenvalue weighted by Crippen LogP contribution is -1.95. The van der Waals surface area contributed by atoms with Crippen LogP contribution in [0.1, 0.15) is 0 Å². The van der Waals surface area contributed by atoms with Crippen LogP contribution in [-0.2, 0) is 0 Å². The minimum atomic E-state index is -0.272. The van der Waals surface area contributed by atoms with Gasteiger partial charge in [0.15, 0.2) is 0 Å². The van der Waals surface area contributed by atoms with E-state index in [0.29, 0.717) is 5.15 Å². The van der Waals surface area contributed by atoms with Gasteiger partial charge in [0.2, 0.25) is 0 Å². The van der Waals surface area contributed by atoms with Crippen LogP contribution in [0.4, 0.5) is 4.39 Å². The molecule has 0 saturated heterocycles. The van der Waals surface area contributed by atoms with Gasteiger partial charge in [0.25, 0.3) is 0 Å². The number of nitrogens with zero attached hydrogens (tertiary/aromatic N) is 2.